The van der Waals surface area contributed by atoms with Crippen LogP contribution < -0.4 is 10.6 Å². The van der Waals surface area contributed by atoms with Crippen LogP contribution in [0.3, 0.4) is 0 Å². The normalized spacial score (nSPS) is 12.0. The van der Waals surface area contributed by atoms with Crippen molar-refractivity contribution in [2.24, 2.45) is 0 Å². The van der Waals surface area contributed by atoms with Gasteiger partial charge in [-0.3, -0.25) is 4.21 Å². The van der Waals surface area contributed by atoms with Crippen molar-refractivity contribution in [1.82, 2.24) is 10.3 Å². The second kappa shape index (κ2) is 7.51. The number of aryl methyl sites for hydroxylation is 2. The number of nitrogens with one attached hydrogen (secondary N) is 2. The van der Waals surface area contributed by atoms with E-state index in [4.69, 9.17) is 0 Å². The highest BCUT2D eigenvalue weighted by atomic mass is 32.2. The molecule has 2 N–H and O–H groups in total. The molecule has 0 radical (unpaired) electrons. The Morgan fingerprint density at radius 3 is 2.50 bits per heavy atom. The van der Waals surface area contributed by atoms with Crippen molar-refractivity contribution in [2.45, 2.75) is 25.2 Å². The van der Waals surface area contributed by atoms with Crippen molar-refractivity contribution in [1.29, 1.82) is 0 Å². The first kappa shape index (κ1) is 16.6. The lowest BCUT2D eigenvalue weighted by Crippen LogP contribution is -2.30. The first-order valence-electron chi connectivity index (χ1n) is 6.87. The third-order valence-electron chi connectivity index (χ3n) is 3.14. The van der Waals surface area contributed by atoms with Gasteiger partial charge in [0, 0.05) is 45.5 Å². The predicted octanol–water partition coefficient (Wildman–Crippen LogP) is 2.86. The minimum absolute atomic E-state index is 0.254. The smallest absolute Gasteiger partial charge is 0.319 e. The molecular formula is C15H19N3O2S2. The van der Waals surface area contributed by atoms with Gasteiger partial charge in [0.15, 0.2) is 0 Å². The number of urea groups is 1. The van der Waals surface area contributed by atoms with Gasteiger partial charge in [-0.25, -0.2) is 9.78 Å². The van der Waals surface area contributed by atoms with Crippen LogP contribution in [-0.2, 0) is 17.2 Å². The highest BCUT2D eigenvalue weighted by Crippen LogP contribution is 2.16. The number of hydrogen-bond donors (Lipinski definition) is 2. The molecule has 1 aromatic heterocycles. The van der Waals surface area contributed by atoms with Crippen molar-refractivity contribution >= 4 is 33.9 Å². The summed E-state index contributed by atoms with van der Waals surface area (Å²) >= 11 is 1.66. The first-order valence-corrected chi connectivity index (χ1v) is 9.24. The average molecular weight is 337 g/mol. The highest BCUT2D eigenvalue weighted by Gasteiger charge is 2.05. The van der Waals surface area contributed by atoms with Gasteiger partial charge in [-0.05, 0) is 38.1 Å². The number of benzene rings is 1. The van der Waals surface area contributed by atoms with E-state index in [1.165, 1.54) is 4.88 Å². The maximum atomic E-state index is 11.8. The molecule has 5 nitrogen and oxygen atoms in total. The van der Waals surface area contributed by atoms with Gasteiger partial charge in [-0.1, -0.05) is 0 Å². The van der Waals surface area contributed by atoms with Gasteiger partial charge in [0.1, 0.15) is 0 Å². The van der Waals surface area contributed by atoms with Crippen LogP contribution in [0.4, 0.5) is 10.5 Å². The van der Waals surface area contributed by atoms with Gasteiger partial charge in [-0.2, -0.15) is 0 Å². The number of carbonyl (C=O) groups excluding carboxylic acids is 1. The number of anilines is 1. The van der Waals surface area contributed by atoms with E-state index in [-0.39, 0.29) is 6.03 Å². The van der Waals surface area contributed by atoms with Crippen LogP contribution in [0.15, 0.2) is 29.2 Å². The minimum Gasteiger partial charge on any atom is -0.337 e. The van der Waals surface area contributed by atoms with E-state index in [9.17, 15) is 9.00 Å². The standard InChI is InChI=1S/C15H19N3O2S2/c1-10-11(2)21-14(17-10)8-9-16-15(19)18-12-4-6-13(7-5-12)22(3)20/h4-7H,8-9H2,1-3H3,(H2,16,18,19)/t22-/m1/s1. The van der Waals surface area contributed by atoms with E-state index >= 15 is 0 Å². The minimum atomic E-state index is -1.01. The van der Waals surface area contributed by atoms with Crippen LogP contribution in [-0.4, -0.2) is 28.0 Å². The third kappa shape index (κ3) is 4.64. The second-order valence-electron chi connectivity index (χ2n) is 4.86. The molecule has 22 heavy (non-hydrogen) atoms. The first-order chi connectivity index (χ1) is 10.5. The summed E-state index contributed by atoms with van der Waals surface area (Å²) in [7, 11) is -1.01. The fraction of sp³-hybridized carbons (Fsp3) is 0.333. The summed E-state index contributed by atoms with van der Waals surface area (Å²) in [6.07, 6.45) is 2.34. The molecule has 0 aliphatic carbocycles. The summed E-state index contributed by atoms with van der Waals surface area (Å²) in [5, 5.41) is 6.58. The number of carbonyl (C=O) groups is 1. The quantitative estimate of drug-likeness (QED) is 0.881. The Morgan fingerprint density at radius 2 is 1.95 bits per heavy atom. The Balaban J connectivity index is 1.79. The summed E-state index contributed by atoms with van der Waals surface area (Å²) in [5.74, 6) is 0. The molecule has 7 heteroatoms. The molecule has 0 fully saturated rings. The summed E-state index contributed by atoms with van der Waals surface area (Å²) in [6, 6.07) is 6.71. The second-order valence-corrected chi connectivity index (χ2v) is 7.53. The van der Waals surface area contributed by atoms with Gasteiger partial charge in [-0.15, -0.1) is 11.3 Å². The van der Waals surface area contributed by atoms with Gasteiger partial charge < -0.3 is 10.6 Å². The fourth-order valence-corrected chi connectivity index (χ4v) is 3.29. The van der Waals surface area contributed by atoms with E-state index in [2.05, 4.69) is 15.6 Å². The van der Waals surface area contributed by atoms with E-state index < -0.39 is 10.8 Å². The largest absolute Gasteiger partial charge is 0.337 e. The Labute approximate surface area is 136 Å². The monoisotopic (exact) mass is 337 g/mol. The molecule has 0 saturated heterocycles. The molecule has 0 unspecified atom stereocenters. The van der Waals surface area contributed by atoms with Gasteiger partial charge in [0.05, 0.1) is 10.7 Å². The van der Waals surface area contributed by atoms with Crippen molar-refractivity contribution in [3.05, 3.63) is 39.8 Å². The number of amides is 2. The Bertz CT molecular complexity index is 661. The number of thiazole rings is 1. The third-order valence-corrected chi connectivity index (χ3v) is 5.21. The highest BCUT2D eigenvalue weighted by molar-refractivity contribution is 7.84. The zero-order valence-electron chi connectivity index (χ0n) is 12.8. The molecule has 2 rings (SSSR count). The van der Waals surface area contributed by atoms with E-state index in [0.717, 1.165) is 22.0 Å². The molecule has 1 heterocycles. The lowest BCUT2D eigenvalue weighted by molar-refractivity contribution is 0.252. The average Bonchev–Trinajstić information content (AvgIpc) is 2.78. The molecule has 2 amide bonds. The van der Waals surface area contributed by atoms with Crippen LogP contribution in [0.25, 0.3) is 0 Å². The Hall–Kier alpha value is -1.73. The molecule has 0 aliphatic rings. The predicted molar refractivity (Wildman–Crippen MR) is 91.1 cm³/mol. The zero-order valence-corrected chi connectivity index (χ0v) is 14.4. The van der Waals surface area contributed by atoms with Crippen molar-refractivity contribution < 1.29 is 9.00 Å². The van der Waals surface area contributed by atoms with Crippen LogP contribution in [0.2, 0.25) is 0 Å². The summed E-state index contributed by atoms with van der Waals surface area (Å²) in [5.41, 5.74) is 1.73. The zero-order chi connectivity index (χ0) is 16.1. The Morgan fingerprint density at radius 1 is 1.27 bits per heavy atom. The van der Waals surface area contributed by atoms with Gasteiger partial charge in [0.25, 0.3) is 0 Å². The maximum absolute atomic E-state index is 11.8. The Kier molecular flexibility index (Phi) is 5.68. The molecule has 2 aromatic rings. The van der Waals surface area contributed by atoms with E-state index in [1.54, 1.807) is 41.9 Å². The maximum Gasteiger partial charge on any atom is 0.319 e. The van der Waals surface area contributed by atoms with Crippen molar-refractivity contribution in [2.75, 3.05) is 18.1 Å². The van der Waals surface area contributed by atoms with Gasteiger partial charge >= 0.3 is 6.03 Å². The number of hydrogen-bond acceptors (Lipinski definition) is 4. The lowest BCUT2D eigenvalue weighted by atomic mass is 10.3. The van der Waals surface area contributed by atoms with Crippen LogP contribution in [0.5, 0.6) is 0 Å². The van der Waals surface area contributed by atoms with Crippen LogP contribution in [0.1, 0.15) is 15.6 Å². The topological polar surface area (TPSA) is 71.1 Å². The number of aromatic nitrogens is 1. The molecule has 0 saturated carbocycles. The molecular weight excluding hydrogens is 318 g/mol. The summed E-state index contributed by atoms with van der Waals surface area (Å²) in [6.45, 7) is 4.57. The number of rotatable bonds is 5. The van der Waals surface area contributed by atoms with E-state index in [1.807, 2.05) is 13.8 Å². The van der Waals surface area contributed by atoms with E-state index in [0.29, 0.717) is 12.2 Å². The number of nitrogens with zero attached hydrogens (tertiary/aromatic N) is 1. The molecule has 0 bridgehead atoms. The van der Waals surface area contributed by atoms with Crippen LogP contribution in [0, 0.1) is 13.8 Å². The molecule has 0 spiro atoms. The van der Waals surface area contributed by atoms with Crippen molar-refractivity contribution in [3.63, 3.8) is 0 Å². The SMILES string of the molecule is Cc1nc(CCNC(=O)Nc2ccc([S@@](C)=O)cc2)sc1C. The van der Waals surface area contributed by atoms with Gasteiger partial charge in [0.2, 0.25) is 0 Å². The molecule has 1 atom stereocenters. The molecule has 0 aliphatic heterocycles. The summed E-state index contributed by atoms with van der Waals surface area (Å²) in [4.78, 5) is 18.2. The fourth-order valence-electron chi connectivity index (χ4n) is 1.83. The summed E-state index contributed by atoms with van der Waals surface area (Å²) < 4.78 is 11.3. The van der Waals surface area contributed by atoms with Crippen LogP contribution >= 0.6 is 11.3 Å². The molecule has 1 aromatic carbocycles. The molecule has 118 valence electrons. The lowest BCUT2D eigenvalue weighted by Gasteiger charge is -2.07. The van der Waals surface area contributed by atoms with Crippen molar-refractivity contribution in [3.8, 4) is 0 Å².